The van der Waals surface area contributed by atoms with Crippen LogP contribution in [0.3, 0.4) is 0 Å². The molecule has 3 amide bonds. The van der Waals surface area contributed by atoms with E-state index in [4.69, 9.17) is 39.9 Å². The van der Waals surface area contributed by atoms with Crippen molar-refractivity contribution in [3.8, 4) is 0 Å². The minimum Gasteiger partial charge on any atom is -0.476 e. The highest BCUT2D eigenvalue weighted by Gasteiger charge is 2.18. The van der Waals surface area contributed by atoms with Crippen molar-refractivity contribution in [2.75, 3.05) is 48.7 Å². The maximum Gasteiger partial charge on any atom is 0.355 e. The number of carbonyl (C=O) groups excluding carboxylic acids is 3. The molecule has 19 nitrogen and oxygen atoms in total. The van der Waals surface area contributed by atoms with E-state index < -0.39 is 63.5 Å². The maximum absolute atomic E-state index is 12.5. The van der Waals surface area contributed by atoms with Gasteiger partial charge in [0.05, 0.1) is 18.3 Å². The average Bonchev–Trinajstić information content (AvgIpc) is 3.03. The van der Waals surface area contributed by atoms with Crippen molar-refractivity contribution in [2.24, 2.45) is 5.29 Å². The number of aromatic carboxylic acids is 1. The molecule has 50 heavy (non-hydrogen) atoms. The van der Waals surface area contributed by atoms with Crippen LogP contribution in [-0.2, 0) is 9.59 Å². The molecule has 0 bridgehead atoms. The Hall–Kier alpha value is -4.89. The SMILES string of the molecule is C.C.CCCNC(=O)N(CCCl)N=O.O=C(O)c1[nH]c(=O)[nH]c(=O)c1F.O=C1CC(=O)C(F)=CN1.O=c1[nH]cc(N(CCCl)CCCl)c(=O)[nH]1. The Balaban J connectivity index is -0.000000589. The molecular formula is C26H38Cl3F2N9O10. The van der Waals surface area contributed by atoms with Crippen LogP contribution >= 0.6 is 34.8 Å². The number of nitroso groups, excluding NO2 is 1. The molecule has 0 aromatic carbocycles. The molecule has 3 heterocycles. The van der Waals surface area contributed by atoms with E-state index in [0.29, 0.717) is 37.1 Å². The highest BCUT2D eigenvalue weighted by Crippen LogP contribution is 2.05. The number of rotatable bonds is 11. The number of aromatic amines is 4. The molecule has 0 saturated heterocycles. The fourth-order valence-corrected chi connectivity index (χ4v) is 3.47. The Morgan fingerprint density at radius 3 is 1.92 bits per heavy atom. The van der Waals surface area contributed by atoms with E-state index in [1.54, 1.807) is 9.88 Å². The molecular weight excluding hydrogens is 743 g/mol. The summed E-state index contributed by atoms with van der Waals surface area (Å²) >= 11 is 16.5. The Bertz CT molecular complexity index is 1660. The van der Waals surface area contributed by atoms with Crippen molar-refractivity contribution in [1.29, 1.82) is 0 Å². The number of hydrogen-bond acceptors (Lipinski definition) is 11. The normalized spacial score (nSPS) is 11.0. The lowest BCUT2D eigenvalue weighted by Crippen LogP contribution is -2.37. The van der Waals surface area contributed by atoms with Crippen LogP contribution in [0.1, 0.15) is 45.1 Å². The lowest BCUT2D eigenvalue weighted by molar-refractivity contribution is -0.127. The molecule has 0 radical (unpaired) electrons. The summed E-state index contributed by atoms with van der Waals surface area (Å²) in [5, 5.41) is 16.1. The minimum absolute atomic E-state index is 0. The summed E-state index contributed by atoms with van der Waals surface area (Å²) in [6.07, 6.45) is 2.58. The van der Waals surface area contributed by atoms with E-state index in [-0.39, 0.29) is 33.7 Å². The van der Waals surface area contributed by atoms with Gasteiger partial charge in [-0.05, 0) is 6.42 Å². The van der Waals surface area contributed by atoms with Gasteiger partial charge in [0.2, 0.25) is 17.5 Å². The van der Waals surface area contributed by atoms with Crippen LogP contribution in [-0.4, -0.2) is 97.6 Å². The lowest BCUT2D eigenvalue weighted by Gasteiger charge is -2.20. The Morgan fingerprint density at radius 1 is 0.920 bits per heavy atom. The molecule has 24 heteroatoms. The van der Waals surface area contributed by atoms with Gasteiger partial charge in [0, 0.05) is 49.7 Å². The van der Waals surface area contributed by atoms with Gasteiger partial charge in [-0.15, -0.1) is 39.7 Å². The second-order valence-electron chi connectivity index (χ2n) is 8.51. The van der Waals surface area contributed by atoms with Crippen LogP contribution in [0.15, 0.2) is 42.7 Å². The monoisotopic (exact) mass is 779 g/mol. The van der Waals surface area contributed by atoms with Crippen molar-refractivity contribution >= 4 is 64.2 Å². The van der Waals surface area contributed by atoms with E-state index in [2.05, 4.69) is 25.9 Å². The van der Waals surface area contributed by atoms with Gasteiger partial charge in [0.1, 0.15) is 5.69 Å². The second kappa shape index (κ2) is 27.0. The highest BCUT2D eigenvalue weighted by atomic mass is 35.5. The third-order valence-electron chi connectivity index (χ3n) is 5.05. The van der Waals surface area contributed by atoms with Crippen LogP contribution in [0, 0.1) is 10.7 Å². The summed E-state index contributed by atoms with van der Waals surface area (Å²) < 4.78 is 24.6. The fraction of sp³-hybridized carbons (Fsp3) is 0.462. The van der Waals surface area contributed by atoms with Gasteiger partial charge >= 0.3 is 23.4 Å². The molecule has 0 aliphatic carbocycles. The van der Waals surface area contributed by atoms with Gasteiger partial charge in [-0.3, -0.25) is 34.1 Å². The molecule has 282 valence electrons. The third-order valence-corrected chi connectivity index (χ3v) is 5.56. The quantitative estimate of drug-likeness (QED) is 0.0746. The Morgan fingerprint density at radius 2 is 1.48 bits per heavy atom. The zero-order chi connectivity index (χ0) is 36.8. The topological polar surface area (TPSA) is 280 Å². The molecule has 2 aromatic rings. The zero-order valence-corrected chi connectivity index (χ0v) is 27.1. The second-order valence-corrected chi connectivity index (χ2v) is 9.64. The molecule has 0 saturated carbocycles. The fourth-order valence-electron chi connectivity index (χ4n) is 2.90. The number of urea groups is 1. The van der Waals surface area contributed by atoms with Gasteiger partial charge < -0.3 is 25.6 Å². The number of H-pyrrole nitrogens is 4. The summed E-state index contributed by atoms with van der Waals surface area (Å²) in [5.74, 6) is -4.33. The van der Waals surface area contributed by atoms with Crippen molar-refractivity contribution in [1.82, 2.24) is 35.6 Å². The Labute approximate surface area is 297 Å². The summed E-state index contributed by atoms with van der Waals surface area (Å²) in [4.78, 5) is 104. The summed E-state index contributed by atoms with van der Waals surface area (Å²) in [7, 11) is 0. The molecule has 2 aromatic heterocycles. The summed E-state index contributed by atoms with van der Waals surface area (Å²) in [6.45, 7) is 3.60. The number of hydrogen-bond donors (Lipinski definition) is 7. The molecule has 3 rings (SSSR count). The predicted molar refractivity (Wildman–Crippen MR) is 183 cm³/mol. The molecule has 1 aliphatic rings. The molecule has 0 fully saturated rings. The lowest BCUT2D eigenvalue weighted by atomic mass is 10.2. The summed E-state index contributed by atoms with van der Waals surface area (Å²) in [5.41, 5.74) is -4.04. The minimum atomic E-state index is -1.70. The van der Waals surface area contributed by atoms with Crippen LogP contribution < -0.4 is 38.0 Å². The highest BCUT2D eigenvalue weighted by molar-refractivity contribution is 6.18. The molecule has 1 aliphatic heterocycles. The van der Waals surface area contributed by atoms with Crippen LogP contribution in [0.5, 0.6) is 0 Å². The van der Waals surface area contributed by atoms with Crippen molar-refractivity contribution in [2.45, 2.75) is 34.6 Å². The number of halogens is 5. The first-order chi connectivity index (χ1) is 22.7. The number of alkyl halides is 3. The van der Waals surface area contributed by atoms with Crippen LogP contribution in [0.2, 0.25) is 0 Å². The van der Waals surface area contributed by atoms with Gasteiger partial charge in [-0.25, -0.2) is 23.6 Å². The number of carbonyl (C=O) groups is 4. The van der Waals surface area contributed by atoms with Crippen molar-refractivity contribution in [3.05, 3.63) is 76.3 Å². The average molecular weight is 781 g/mol. The summed E-state index contributed by atoms with van der Waals surface area (Å²) in [6, 6.07) is -0.493. The first kappa shape index (κ1) is 49.5. The largest absolute Gasteiger partial charge is 0.476 e. The number of ketones is 1. The molecule has 0 atom stereocenters. The number of nitrogens with zero attached hydrogens (tertiary/aromatic N) is 3. The van der Waals surface area contributed by atoms with Gasteiger partial charge in [0.15, 0.2) is 11.5 Å². The van der Waals surface area contributed by atoms with Gasteiger partial charge in [-0.2, -0.15) is 9.40 Å². The number of anilines is 1. The van der Waals surface area contributed by atoms with Gasteiger partial charge in [0.25, 0.3) is 11.1 Å². The van der Waals surface area contributed by atoms with E-state index in [0.717, 1.165) is 17.6 Å². The zero-order valence-electron chi connectivity index (χ0n) is 24.9. The number of nitrogens with one attached hydrogen (secondary N) is 6. The number of Topliss-reactive ketones (excluding diaryl/α,β-unsaturated/α-hetero) is 1. The number of carboxylic acid groups (broad SMARTS) is 1. The van der Waals surface area contributed by atoms with E-state index in [1.807, 2.05) is 6.92 Å². The molecule has 0 spiro atoms. The number of aromatic nitrogens is 4. The van der Waals surface area contributed by atoms with E-state index >= 15 is 0 Å². The maximum atomic E-state index is 12.5. The van der Waals surface area contributed by atoms with Crippen LogP contribution in [0.25, 0.3) is 0 Å². The van der Waals surface area contributed by atoms with Crippen molar-refractivity contribution < 1.29 is 33.1 Å². The van der Waals surface area contributed by atoms with Gasteiger partial charge in [-0.1, -0.05) is 21.8 Å². The standard InChI is InChI=1S/C8H11Cl2N3O2.C6H12ClN3O2.C5H3FN2O4.C5H4FNO2.2CH4/c9-1-3-13(4-2-10)6-5-11-8(15)12-7(6)14;1-2-4-8-6(11)10(9-12)5-3-7;6-1-2(4(10)11)7-5(12)8-3(1)9;6-3-2-7-5(9)1-4(3)8;;/h5H,1-4H2,(H2,11,12,14,15);2-5H2,1H3,(H,8,11);(H,10,11)(H2,7,8,9,12);2H,1H2,(H,7,9);2*1H4. The smallest absolute Gasteiger partial charge is 0.355 e. The number of amides is 3. The molecule has 7 N–H and O–H groups in total. The van der Waals surface area contributed by atoms with Crippen molar-refractivity contribution in [3.63, 3.8) is 0 Å². The molecule has 0 unspecified atom stereocenters. The third kappa shape index (κ3) is 18.6. The van der Waals surface area contributed by atoms with Crippen LogP contribution in [0.4, 0.5) is 19.3 Å². The Kier molecular flexibility index (Phi) is 26.7. The number of carboxylic acids is 1. The predicted octanol–water partition coefficient (Wildman–Crippen LogP) is 1.73. The number of allylic oxidation sites excluding steroid dienone is 1. The van der Waals surface area contributed by atoms with E-state index in [1.165, 1.54) is 11.2 Å². The first-order valence-corrected chi connectivity index (χ1v) is 14.8. The van der Waals surface area contributed by atoms with E-state index in [9.17, 15) is 52.0 Å². The first-order valence-electron chi connectivity index (χ1n) is 13.2.